The molecule has 0 aromatic rings. The number of hydrogen-bond acceptors (Lipinski definition) is 4. The second kappa shape index (κ2) is 3.68. The molecule has 6 heteroatoms. The minimum atomic E-state index is -3.45. The molecule has 0 saturated carbocycles. The van der Waals surface area contributed by atoms with E-state index in [4.69, 9.17) is 0 Å². The third-order valence-electron chi connectivity index (χ3n) is 2.11. The van der Waals surface area contributed by atoms with Gasteiger partial charge in [0.25, 0.3) is 0 Å². The van der Waals surface area contributed by atoms with Crippen LogP contribution in [0, 0.1) is 12.2 Å². The molecular weight excluding hydrogens is 206 g/mol. The molecule has 0 aromatic carbocycles. The number of hydrogen-bond donors (Lipinski definition) is 0. The van der Waals surface area contributed by atoms with E-state index < -0.39 is 21.7 Å². The van der Waals surface area contributed by atoms with E-state index in [9.17, 15) is 18.0 Å². The summed E-state index contributed by atoms with van der Waals surface area (Å²) in [5.41, 5.74) is 0. The van der Waals surface area contributed by atoms with E-state index in [2.05, 4.69) is 6.26 Å². The standard InChI is InChI=1S/C8H12NO4S/c1-3-9-7(10)4-6(8(9)11)5-14(2,12)13/h6H,2-5H2,1H3. The average Bonchev–Trinajstić information content (AvgIpc) is 2.24. The Kier molecular flexibility index (Phi) is 2.94. The second-order valence-electron chi connectivity index (χ2n) is 3.29. The van der Waals surface area contributed by atoms with Crippen molar-refractivity contribution in [3.05, 3.63) is 6.26 Å². The fourth-order valence-corrected chi connectivity index (χ4v) is 2.39. The summed E-state index contributed by atoms with van der Waals surface area (Å²) in [4.78, 5) is 23.7. The van der Waals surface area contributed by atoms with E-state index in [1.54, 1.807) is 6.92 Å². The highest BCUT2D eigenvalue weighted by Crippen LogP contribution is 2.20. The maximum absolute atomic E-state index is 11.4. The van der Waals surface area contributed by atoms with Crippen molar-refractivity contribution in [2.24, 2.45) is 5.92 Å². The molecule has 79 valence electrons. The first-order valence-corrected chi connectivity index (χ1v) is 6.07. The summed E-state index contributed by atoms with van der Waals surface area (Å²) in [6.07, 6.45) is 2.92. The molecule has 5 nitrogen and oxygen atoms in total. The fourth-order valence-electron chi connectivity index (χ4n) is 1.52. The highest BCUT2D eigenvalue weighted by molar-refractivity contribution is 7.92. The minimum Gasteiger partial charge on any atom is -0.283 e. The summed E-state index contributed by atoms with van der Waals surface area (Å²) in [6.45, 7) is 1.97. The van der Waals surface area contributed by atoms with Crippen LogP contribution in [0.4, 0.5) is 0 Å². The minimum absolute atomic E-state index is 0.0125. The molecule has 0 spiro atoms. The van der Waals surface area contributed by atoms with Crippen LogP contribution >= 0.6 is 0 Å². The van der Waals surface area contributed by atoms with Crippen LogP contribution in [0.2, 0.25) is 0 Å². The van der Waals surface area contributed by atoms with Crippen LogP contribution in [0.15, 0.2) is 0 Å². The zero-order valence-corrected chi connectivity index (χ0v) is 8.71. The van der Waals surface area contributed by atoms with Crippen molar-refractivity contribution in [3.63, 3.8) is 0 Å². The molecular formula is C8H12NO4S. The van der Waals surface area contributed by atoms with Crippen molar-refractivity contribution >= 4 is 21.7 Å². The number of imide groups is 1. The van der Waals surface area contributed by atoms with Crippen LogP contribution < -0.4 is 0 Å². The predicted octanol–water partition coefficient (Wildman–Crippen LogP) is -0.412. The van der Waals surface area contributed by atoms with E-state index in [-0.39, 0.29) is 18.1 Å². The van der Waals surface area contributed by atoms with E-state index in [1.165, 1.54) is 0 Å². The lowest BCUT2D eigenvalue weighted by molar-refractivity contribution is -0.138. The zero-order valence-electron chi connectivity index (χ0n) is 7.89. The first-order chi connectivity index (χ1) is 6.35. The molecule has 1 aliphatic heterocycles. The van der Waals surface area contributed by atoms with Gasteiger partial charge in [0.15, 0.2) is 9.84 Å². The Hall–Kier alpha value is -0.910. The van der Waals surface area contributed by atoms with Gasteiger partial charge in [0.1, 0.15) is 0 Å². The first kappa shape index (κ1) is 11.2. The maximum Gasteiger partial charge on any atom is 0.233 e. The van der Waals surface area contributed by atoms with Gasteiger partial charge in [-0.2, -0.15) is 0 Å². The summed E-state index contributed by atoms with van der Waals surface area (Å²) in [7, 11) is -3.45. The van der Waals surface area contributed by atoms with Gasteiger partial charge in [0.05, 0.1) is 17.9 Å². The highest BCUT2D eigenvalue weighted by atomic mass is 32.2. The monoisotopic (exact) mass is 218 g/mol. The number of carbonyl (C=O) groups is 2. The van der Waals surface area contributed by atoms with Crippen LogP contribution in [0.3, 0.4) is 0 Å². The van der Waals surface area contributed by atoms with Crippen LogP contribution in [-0.2, 0) is 19.4 Å². The Morgan fingerprint density at radius 1 is 1.50 bits per heavy atom. The van der Waals surface area contributed by atoms with Gasteiger partial charge < -0.3 is 0 Å². The largest absolute Gasteiger partial charge is 0.283 e. The molecule has 0 aliphatic carbocycles. The summed E-state index contributed by atoms with van der Waals surface area (Å²) < 4.78 is 21.7. The number of carbonyl (C=O) groups excluding carboxylic acids is 2. The van der Waals surface area contributed by atoms with Crippen molar-refractivity contribution in [3.8, 4) is 0 Å². The molecule has 14 heavy (non-hydrogen) atoms. The molecule has 1 aliphatic rings. The van der Waals surface area contributed by atoms with Gasteiger partial charge in [-0.15, -0.1) is 0 Å². The molecule has 0 N–H and O–H groups in total. The van der Waals surface area contributed by atoms with Crippen molar-refractivity contribution in [1.82, 2.24) is 4.90 Å². The summed E-state index contributed by atoms with van der Waals surface area (Å²) in [6, 6.07) is 0. The van der Waals surface area contributed by atoms with Gasteiger partial charge >= 0.3 is 0 Å². The number of nitrogens with zero attached hydrogens (tertiary/aromatic N) is 1. The third-order valence-corrected chi connectivity index (χ3v) is 3.02. The lowest BCUT2D eigenvalue weighted by Crippen LogP contribution is -2.31. The molecule has 1 fully saturated rings. The molecule has 1 rings (SSSR count). The van der Waals surface area contributed by atoms with E-state index in [1.807, 2.05) is 0 Å². The molecule has 2 amide bonds. The Balaban J connectivity index is 2.77. The van der Waals surface area contributed by atoms with Gasteiger partial charge in [-0.1, -0.05) is 0 Å². The maximum atomic E-state index is 11.4. The van der Waals surface area contributed by atoms with Gasteiger partial charge in [0.2, 0.25) is 11.8 Å². The number of amides is 2. The van der Waals surface area contributed by atoms with E-state index in [0.717, 1.165) is 4.90 Å². The van der Waals surface area contributed by atoms with Gasteiger partial charge in [-0.3, -0.25) is 14.5 Å². The molecule has 1 heterocycles. The Bertz CT molecular complexity index is 360. The van der Waals surface area contributed by atoms with E-state index in [0.29, 0.717) is 6.54 Å². The Morgan fingerprint density at radius 2 is 2.07 bits per heavy atom. The predicted molar refractivity (Wildman–Crippen MR) is 49.6 cm³/mol. The van der Waals surface area contributed by atoms with Crippen molar-refractivity contribution in [1.29, 1.82) is 0 Å². The topological polar surface area (TPSA) is 71.5 Å². The lowest BCUT2D eigenvalue weighted by Gasteiger charge is -2.10. The molecule has 0 aromatic heterocycles. The zero-order chi connectivity index (χ0) is 10.9. The smallest absolute Gasteiger partial charge is 0.233 e. The van der Waals surface area contributed by atoms with Crippen LogP contribution in [-0.4, -0.2) is 37.4 Å². The highest BCUT2D eigenvalue weighted by Gasteiger charge is 2.38. The average molecular weight is 218 g/mol. The molecule has 1 radical (unpaired) electrons. The quantitative estimate of drug-likeness (QED) is 0.604. The van der Waals surface area contributed by atoms with Crippen LogP contribution in [0.25, 0.3) is 0 Å². The van der Waals surface area contributed by atoms with Gasteiger partial charge in [-0.05, 0) is 6.92 Å². The first-order valence-electron chi connectivity index (χ1n) is 4.25. The number of rotatable bonds is 3. The Labute approximate surface area is 83.0 Å². The molecule has 1 unspecified atom stereocenters. The number of sulfone groups is 1. The van der Waals surface area contributed by atoms with Crippen LogP contribution in [0.5, 0.6) is 0 Å². The molecule has 1 saturated heterocycles. The van der Waals surface area contributed by atoms with Gasteiger partial charge in [0, 0.05) is 13.0 Å². The van der Waals surface area contributed by atoms with Gasteiger partial charge in [-0.25, -0.2) is 8.42 Å². The normalized spacial score (nSPS) is 23.3. The van der Waals surface area contributed by atoms with Crippen LogP contribution in [0.1, 0.15) is 13.3 Å². The molecule has 0 bridgehead atoms. The second-order valence-corrected chi connectivity index (χ2v) is 5.11. The summed E-state index contributed by atoms with van der Waals surface area (Å²) >= 11 is 0. The van der Waals surface area contributed by atoms with E-state index >= 15 is 0 Å². The fraction of sp³-hybridized carbons (Fsp3) is 0.625. The Morgan fingerprint density at radius 3 is 2.43 bits per heavy atom. The van der Waals surface area contributed by atoms with Crippen molar-refractivity contribution in [2.45, 2.75) is 13.3 Å². The van der Waals surface area contributed by atoms with Crippen molar-refractivity contribution < 1.29 is 18.0 Å². The number of likely N-dealkylation sites (tertiary alicyclic amines) is 1. The van der Waals surface area contributed by atoms with Crippen molar-refractivity contribution in [2.75, 3.05) is 12.3 Å². The SMILES string of the molecule is [CH2]S(=O)(=O)CC1CC(=O)N(CC)C1=O. The summed E-state index contributed by atoms with van der Waals surface area (Å²) in [5.74, 6) is -1.77. The lowest BCUT2D eigenvalue weighted by atomic mass is 10.1. The third kappa shape index (κ3) is 2.31. The molecule has 1 atom stereocenters. The summed E-state index contributed by atoms with van der Waals surface area (Å²) in [5, 5.41) is 0.